The van der Waals surface area contributed by atoms with Crippen LogP contribution in [0.2, 0.25) is 0 Å². The molecule has 1 N–H and O–H groups in total. The monoisotopic (exact) mass is 242 g/mol. The standard InChI is InChI=1S/C12H22N2O3/c1-10(2)14(4)13-12(16)8-6-5-7-9-17-11(3)15/h1,5-9H2,2-4H3,(H,13,16). The number of nitrogens with zero attached hydrogens (tertiary/aromatic N) is 1. The fraction of sp³-hybridized carbons (Fsp3) is 0.667. The van der Waals surface area contributed by atoms with Crippen LogP contribution in [0.1, 0.15) is 39.5 Å². The fourth-order valence-electron chi connectivity index (χ4n) is 1.12. The second-order valence-corrected chi connectivity index (χ2v) is 3.98. The molecule has 0 fully saturated rings. The van der Waals surface area contributed by atoms with Crippen LogP contribution in [0.25, 0.3) is 0 Å². The first-order valence-electron chi connectivity index (χ1n) is 5.75. The van der Waals surface area contributed by atoms with E-state index in [2.05, 4.69) is 12.0 Å². The van der Waals surface area contributed by atoms with Gasteiger partial charge in [-0.1, -0.05) is 6.58 Å². The molecule has 0 aromatic carbocycles. The number of carbonyl (C=O) groups is 2. The molecule has 0 saturated carbocycles. The number of nitrogens with one attached hydrogen (secondary N) is 1. The van der Waals surface area contributed by atoms with Gasteiger partial charge in [0.1, 0.15) is 0 Å². The van der Waals surface area contributed by atoms with Gasteiger partial charge in [0.05, 0.1) is 6.61 Å². The molecule has 98 valence electrons. The average Bonchev–Trinajstić information content (AvgIpc) is 2.22. The maximum absolute atomic E-state index is 11.4. The number of hydrazine groups is 1. The first-order valence-corrected chi connectivity index (χ1v) is 5.75. The van der Waals surface area contributed by atoms with Gasteiger partial charge in [0.2, 0.25) is 5.91 Å². The van der Waals surface area contributed by atoms with Crippen LogP contribution >= 0.6 is 0 Å². The normalized spacial score (nSPS) is 9.59. The molecular formula is C12H22N2O3. The summed E-state index contributed by atoms with van der Waals surface area (Å²) in [6.45, 7) is 7.35. The van der Waals surface area contributed by atoms with Gasteiger partial charge in [0, 0.05) is 26.1 Å². The molecule has 0 heterocycles. The van der Waals surface area contributed by atoms with Crippen LogP contribution < -0.4 is 5.43 Å². The number of unbranched alkanes of at least 4 members (excludes halogenated alkanes) is 2. The quantitative estimate of drug-likeness (QED) is 0.399. The van der Waals surface area contributed by atoms with E-state index < -0.39 is 0 Å². The topological polar surface area (TPSA) is 58.6 Å². The van der Waals surface area contributed by atoms with Gasteiger partial charge in [-0.3, -0.25) is 20.0 Å². The number of amides is 1. The molecule has 0 saturated heterocycles. The van der Waals surface area contributed by atoms with Crippen LogP contribution in [-0.2, 0) is 14.3 Å². The highest BCUT2D eigenvalue weighted by Gasteiger charge is 2.04. The predicted molar refractivity (Wildman–Crippen MR) is 65.8 cm³/mol. The number of carbonyl (C=O) groups excluding carboxylic acids is 2. The van der Waals surface area contributed by atoms with Gasteiger partial charge in [0.25, 0.3) is 0 Å². The van der Waals surface area contributed by atoms with Crippen molar-refractivity contribution in [2.75, 3.05) is 13.7 Å². The summed E-state index contributed by atoms with van der Waals surface area (Å²) >= 11 is 0. The Morgan fingerprint density at radius 3 is 2.41 bits per heavy atom. The number of rotatable bonds is 8. The summed E-state index contributed by atoms with van der Waals surface area (Å²) in [6, 6.07) is 0. The van der Waals surface area contributed by atoms with E-state index in [-0.39, 0.29) is 11.9 Å². The molecule has 0 unspecified atom stereocenters. The van der Waals surface area contributed by atoms with Crippen molar-refractivity contribution in [3.05, 3.63) is 12.3 Å². The second-order valence-electron chi connectivity index (χ2n) is 3.98. The number of allylic oxidation sites excluding steroid dienone is 1. The van der Waals surface area contributed by atoms with Crippen molar-refractivity contribution in [3.63, 3.8) is 0 Å². The van der Waals surface area contributed by atoms with E-state index in [0.717, 1.165) is 25.0 Å². The molecule has 0 spiro atoms. The smallest absolute Gasteiger partial charge is 0.302 e. The van der Waals surface area contributed by atoms with Gasteiger partial charge >= 0.3 is 5.97 Å². The summed E-state index contributed by atoms with van der Waals surface area (Å²) in [5.74, 6) is -0.284. The summed E-state index contributed by atoms with van der Waals surface area (Å²) in [6.07, 6.45) is 2.93. The molecule has 17 heavy (non-hydrogen) atoms. The molecule has 0 aliphatic carbocycles. The van der Waals surface area contributed by atoms with Crippen molar-refractivity contribution in [1.82, 2.24) is 10.4 Å². The van der Waals surface area contributed by atoms with E-state index in [1.807, 2.05) is 6.92 Å². The summed E-state index contributed by atoms with van der Waals surface area (Å²) in [4.78, 5) is 21.9. The molecule has 0 atom stereocenters. The van der Waals surface area contributed by atoms with Crippen LogP contribution in [-0.4, -0.2) is 30.5 Å². The lowest BCUT2D eigenvalue weighted by atomic mass is 10.2. The molecule has 0 aliphatic rings. The maximum Gasteiger partial charge on any atom is 0.302 e. The third-order valence-electron chi connectivity index (χ3n) is 2.22. The van der Waals surface area contributed by atoms with Crippen LogP contribution in [0.5, 0.6) is 0 Å². The van der Waals surface area contributed by atoms with Gasteiger partial charge in [0.15, 0.2) is 0 Å². The molecule has 0 radical (unpaired) electrons. The molecule has 0 bridgehead atoms. The Labute approximate surface area is 103 Å². The fourth-order valence-corrected chi connectivity index (χ4v) is 1.12. The highest BCUT2D eigenvalue weighted by atomic mass is 16.5. The highest BCUT2D eigenvalue weighted by molar-refractivity contribution is 5.75. The molecule has 0 aromatic heterocycles. The van der Waals surface area contributed by atoms with Gasteiger partial charge in [-0.05, 0) is 26.2 Å². The Hall–Kier alpha value is -1.52. The van der Waals surface area contributed by atoms with E-state index in [1.165, 1.54) is 6.92 Å². The lowest BCUT2D eigenvalue weighted by Crippen LogP contribution is -2.37. The van der Waals surface area contributed by atoms with Crippen molar-refractivity contribution in [2.24, 2.45) is 0 Å². The molecule has 1 amide bonds. The van der Waals surface area contributed by atoms with Gasteiger partial charge in [-0.2, -0.15) is 0 Å². The molecule has 0 rings (SSSR count). The van der Waals surface area contributed by atoms with E-state index in [1.54, 1.807) is 12.1 Å². The summed E-state index contributed by atoms with van der Waals surface area (Å²) in [7, 11) is 1.75. The summed E-state index contributed by atoms with van der Waals surface area (Å²) in [5.41, 5.74) is 3.48. The first-order chi connectivity index (χ1) is 7.93. The Balaban J connectivity index is 3.45. The van der Waals surface area contributed by atoms with Gasteiger partial charge in [-0.25, -0.2) is 0 Å². The second kappa shape index (κ2) is 8.61. The lowest BCUT2D eigenvalue weighted by molar-refractivity contribution is -0.141. The van der Waals surface area contributed by atoms with Crippen LogP contribution in [0, 0.1) is 0 Å². The Bertz CT molecular complexity index is 277. The third kappa shape index (κ3) is 9.41. The summed E-state index contributed by atoms with van der Waals surface area (Å²) in [5, 5.41) is 1.60. The minimum atomic E-state index is -0.258. The van der Waals surface area contributed by atoms with Crippen LogP contribution in [0.3, 0.4) is 0 Å². The molecule has 5 nitrogen and oxygen atoms in total. The van der Waals surface area contributed by atoms with E-state index >= 15 is 0 Å². The molecule has 5 heteroatoms. The largest absolute Gasteiger partial charge is 0.466 e. The minimum Gasteiger partial charge on any atom is -0.466 e. The molecule has 0 aliphatic heterocycles. The zero-order valence-corrected chi connectivity index (χ0v) is 10.9. The number of ether oxygens (including phenoxy) is 1. The van der Waals surface area contributed by atoms with E-state index in [9.17, 15) is 9.59 Å². The Morgan fingerprint density at radius 2 is 1.88 bits per heavy atom. The number of esters is 1. The number of hydrogen-bond acceptors (Lipinski definition) is 4. The zero-order chi connectivity index (χ0) is 13.3. The maximum atomic E-state index is 11.4. The predicted octanol–water partition coefficient (Wildman–Crippen LogP) is 1.61. The van der Waals surface area contributed by atoms with E-state index in [4.69, 9.17) is 4.74 Å². The lowest BCUT2D eigenvalue weighted by Gasteiger charge is -2.19. The SMILES string of the molecule is C=C(C)N(C)NC(=O)CCCCCOC(C)=O. The minimum absolute atomic E-state index is 0.0250. The van der Waals surface area contributed by atoms with Crippen molar-refractivity contribution < 1.29 is 14.3 Å². The van der Waals surface area contributed by atoms with Gasteiger partial charge < -0.3 is 4.74 Å². The Kier molecular flexibility index (Phi) is 7.84. The average molecular weight is 242 g/mol. The summed E-state index contributed by atoms with van der Waals surface area (Å²) < 4.78 is 4.79. The van der Waals surface area contributed by atoms with Crippen molar-refractivity contribution in [1.29, 1.82) is 0 Å². The van der Waals surface area contributed by atoms with Crippen molar-refractivity contribution in [2.45, 2.75) is 39.5 Å². The van der Waals surface area contributed by atoms with Crippen LogP contribution in [0.4, 0.5) is 0 Å². The zero-order valence-electron chi connectivity index (χ0n) is 10.9. The number of hydrogen-bond donors (Lipinski definition) is 1. The van der Waals surface area contributed by atoms with E-state index in [0.29, 0.717) is 13.0 Å². The van der Waals surface area contributed by atoms with Crippen molar-refractivity contribution in [3.8, 4) is 0 Å². The Morgan fingerprint density at radius 1 is 1.24 bits per heavy atom. The van der Waals surface area contributed by atoms with Crippen molar-refractivity contribution >= 4 is 11.9 Å². The first kappa shape index (κ1) is 15.5. The molecule has 0 aromatic rings. The van der Waals surface area contributed by atoms with Crippen LogP contribution in [0.15, 0.2) is 12.3 Å². The highest BCUT2D eigenvalue weighted by Crippen LogP contribution is 2.01. The molecular weight excluding hydrogens is 220 g/mol. The van der Waals surface area contributed by atoms with Gasteiger partial charge in [-0.15, -0.1) is 0 Å². The third-order valence-corrected chi connectivity index (χ3v) is 2.22.